The van der Waals surface area contributed by atoms with Crippen molar-refractivity contribution in [1.82, 2.24) is 0 Å². The lowest BCUT2D eigenvalue weighted by Crippen LogP contribution is -2.21. The van der Waals surface area contributed by atoms with Gasteiger partial charge in [-0.05, 0) is 18.2 Å². The first kappa shape index (κ1) is 12.9. The molecular weight excluding hydrogens is 268 g/mol. The number of rotatable bonds is 4. The molecule has 3 nitrogen and oxygen atoms in total. The van der Waals surface area contributed by atoms with Gasteiger partial charge in [-0.25, -0.2) is 0 Å². The van der Waals surface area contributed by atoms with Crippen molar-refractivity contribution in [3.05, 3.63) is 52.9 Å². The molecule has 18 heavy (non-hydrogen) atoms. The van der Waals surface area contributed by atoms with Gasteiger partial charge in [0.2, 0.25) is 0 Å². The number of halogens is 1. The highest BCUT2D eigenvalue weighted by Gasteiger charge is 2.13. The van der Waals surface area contributed by atoms with Crippen LogP contribution in [0.2, 0.25) is 5.02 Å². The van der Waals surface area contributed by atoms with Gasteiger partial charge in [0.05, 0.1) is 23.1 Å². The molecule has 94 valence electrons. The van der Waals surface area contributed by atoms with E-state index in [-0.39, 0.29) is 0 Å². The minimum Gasteiger partial charge on any atom is -0.472 e. The predicted octanol–water partition coefficient (Wildman–Crippen LogP) is 3.20. The molecular formula is C13H13ClN2OS. The number of hydrogen-bond donors (Lipinski definition) is 1. The second kappa shape index (κ2) is 5.42. The quantitative estimate of drug-likeness (QED) is 0.874. The van der Waals surface area contributed by atoms with Crippen LogP contribution in [0.5, 0.6) is 0 Å². The second-order valence-corrected chi connectivity index (χ2v) is 4.83. The molecule has 0 aliphatic heterocycles. The Labute approximate surface area is 116 Å². The Morgan fingerprint density at radius 1 is 1.44 bits per heavy atom. The first-order chi connectivity index (χ1) is 8.59. The second-order valence-electron chi connectivity index (χ2n) is 3.99. The average Bonchev–Trinajstić information content (AvgIpc) is 2.80. The molecule has 0 fully saturated rings. The largest absolute Gasteiger partial charge is 0.472 e. The van der Waals surface area contributed by atoms with Crippen LogP contribution in [0.4, 0.5) is 5.69 Å². The molecule has 2 aromatic rings. The summed E-state index contributed by atoms with van der Waals surface area (Å²) in [6.07, 6.45) is 3.36. The lowest BCUT2D eigenvalue weighted by atomic mass is 10.1. The third kappa shape index (κ3) is 2.66. The van der Waals surface area contributed by atoms with E-state index < -0.39 is 0 Å². The van der Waals surface area contributed by atoms with E-state index in [1.807, 2.05) is 30.1 Å². The maximum atomic E-state index is 6.14. The summed E-state index contributed by atoms with van der Waals surface area (Å²) in [6.45, 7) is 0.701. The van der Waals surface area contributed by atoms with Gasteiger partial charge in [-0.2, -0.15) is 0 Å². The number of benzene rings is 1. The van der Waals surface area contributed by atoms with Gasteiger partial charge in [0.15, 0.2) is 0 Å². The molecule has 1 aromatic heterocycles. The number of hydrogen-bond acceptors (Lipinski definition) is 3. The number of nitrogens with zero attached hydrogens (tertiary/aromatic N) is 1. The summed E-state index contributed by atoms with van der Waals surface area (Å²) in [6, 6.07) is 7.53. The van der Waals surface area contributed by atoms with Crippen molar-refractivity contribution in [2.75, 3.05) is 11.9 Å². The number of nitrogens with two attached hydrogens (primary N) is 1. The Morgan fingerprint density at radius 3 is 2.83 bits per heavy atom. The van der Waals surface area contributed by atoms with Crippen molar-refractivity contribution < 1.29 is 4.42 Å². The number of anilines is 1. The van der Waals surface area contributed by atoms with E-state index in [4.69, 9.17) is 34.0 Å². The summed E-state index contributed by atoms with van der Waals surface area (Å²) >= 11 is 11.2. The van der Waals surface area contributed by atoms with Gasteiger partial charge in [-0.3, -0.25) is 0 Å². The topological polar surface area (TPSA) is 42.4 Å². The summed E-state index contributed by atoms with van der Waals surface area (Å²) in [5.74, 6) is 0. The van der Waals surface area contributed by atoms with Crippen molar-refractivity contribution in [3.63, 3.8) is 0 Å². The van der Waals surface area contributed by atoms with Crippen LogP contribution in [-0.2, 0) is 6.54 Å². The minimum atomic E-state index is 0.301. The fourth-order valence-corrected chi connectivity index (χ4v) is 2.36. The third-order valence-corrected chi connectivity index (χ3v) is 3.17. The van der Waals surface area contributed by atoms with Gasteiger partial charge in [0.25, 0.3) is 0 Å². The van der Waals surface area contributed by atoms with E-state index in [1.54, 1.807) is 18.6 Å². The molecule has 0 bridgehead atoms. The molecule has 0 aliphatic rings. The fourth-order valence-electron chi connectivity index (χ4n) is 1.82. The van der Waals surface area contributed by atoms with E-state index in [0.29, 0.717) is 22.1 Å². The summed E-state index contributed by atoms with van der Waals surface area (Å²) in [7, 11) is 1.96. The van der Waals surface area contributed by atoms with Crippen LogP contribution in [0.1, 0.15) is 11.1 Å². The van der Waals surface area contributed by atoms with Crippen molar-refractivity contribution in [2.45, 2.75) is 6.54 Å². The van der Waals surface area contributed by atoms with Crippen LogP contribution in [0.15, 0.2) is 41.2 Å². The standard InChI is InChI=1S/C13H13ClN2OS/c1-16(7-9-5-6-17-8-9)11-4-2-3-10(14)12(11)13(15)18/h2-6,8H,7H2,1H3,(H2,15,18). The van der Waals surface area contributed by atoms with Crippen LogP contribution in [0, 0.1) is 0 Å². The molecule has 0 saturated carbocycles. The van der Waals surface area contributed by atoms with Crippen molar-refractivity contribution in [1.29, 1.82) is 0 Å². The SMILES string of the molecule is CN(Cc1ccoc1)c1cccc(Cl)c1C(N)=S. The normalized spacial score (nSPS) is 10.3. The van der Waals surface area contributed by atoms with Gasteiger partial charge in [-0.1, -0.05) is 29.9 Å². The summed E-state index contributed by atoms with van der Waals surface area (Å²) in [5, 5.41) is 0.569. The van der Waals surface area contributed by atoms with Crippen molar-refractivity contribution in [3.8, 4) is 0 Å². The molecule has 1 heterocycles. The highest BCUT2D eigenvalue weighted by molar-refractivity contribution is 7.80. The van der Waals surface area contributed by atoms with Crippen LogP contribution >= 0.6 is 23.8 Å². The Balaban J connectivity index is 2.32. The predicted molar refractivity (Wildman–Crippen MR) is 78.2 cm³/mol. The fraction of sp³-hybridized carbons (Fsp3) is 0.154. The molecule has 0 radical (unpaired) electrons. The van der Waals surface area contributed by atoms with E-state index in [9.17, 15) is 0 Å². The van der Waals surface area contributed by atoms with Crippen molar-refractivity contribution >= 4 is 34.5 Å². The summed E-state index contributed by atoms with van der Waals surface area (Å²) in [5.41, 5.74) is 8.43. The van der Waals surface area contributed by atoms with Crippen LogP contribution in [-0.4, -0.2) is 12.0 Å². The Bertz CT molecular complexity index is 554. The van der Waals surface area contributed by atoms with E-state index in [0.717, 1.165) is 11.3 Å². The monoisotopic (exact) mass is 280 g/mol. The molecule has 0 amide bonds. The smallest absolute Gasteiger partial charge is 0.107 e. The van der Waals surface area contributed by atoms with Crippen LogP contribution in [0.3, 0.4) is 0 Å². The average molecular weight is 281 g/mol. The van der Waals surface area contributed by atoms with Crippen LogP contribution < -0.4 is 10.6 Å². The maximum absolute atomic E-state index is 6.14. The molecule has 1 aromatic carbocycles. The summed E-state index contributed by atoms with van der Waals surface area (Å²) in [4.78, 5) is 2.33. The van der Waals surface area contributed by atoms with Gasteiger partial charge in [0, 0.05) is 24.8 Å². The zero-order valence-electron chi connectivity index (χ0n) is 9.89. The highest BCUT2D eigenvalue weighted by Crippen LogP contribution is 2.27. The zero-order valence-corrected chi connectivity index (χ0v) is 11.5. The Kier molecular flexibility index (Phi) is 3.89. The van der Waals surface area contributed by atoms with Crippen LogP contribution in [0.25, 0.3) is 0 Å². The Morgan fingerprint density at radius 2 is 2.22 bits per heavy atom. The van der Waals surface area contributed by atoms with Gasteiger partial charge >= 0.3 is 0 Å². The minimum absolute atomic E-state index is 0.301. The molecule has 0 saturated heterocycles. The molecule has 2 rings (SSSR count). The Hall–Kier alpha value is -1.52. The molecule has 0 spiro atoms. The lowest BCUT2D eigenvalue weighted by molar-refractivity contribution is 0.563. The number of furan rings is 1. The van der Waals surface area contributed by atoms with E-state index >= 15 is 0 Å². The highest BCUT2D eigenvalue weighted by atomic mass is 35.5. The molecule has 0 atom stereocenters. The van der Waals surface area contributed by atoms with Gasteiger partial charge in [-0.15, -0.1) is 0 Å². The molecule has 0 aliphatic carbocycles. The first-order valence-electron chi connectivity index (χ1n) is 5.40. The molecule has 5 heteroatoms. The number of thiocarbonyl (C=S) groups is 1. The van der Waals surface area contributed by atoms with E-state index in [1.165, 1.54) is 0 Å². The molecule has 0 unspecified atom stereocenters. The van der Waals surface area contributed by atoms with E-state index in [2.05, 4.69) is 0 Å². The van der Waals surface area contributed by atoms with Crippen molar-refractivity contribution in [2.24, 2.45) is 5.73 Å². The van der Waals surface area contributed by atoms with Gasteiger partial charge < -0.3 is 15.1 Å². The molecule has 2 N–H and O–H groups in total. The first-order valence-corrected chi connectivity index (χ1v) is 6.18. The zero-order chi connectivity index (χ0) is 13.1. The summed E-state index contributed by atoms with van der Waals surface area (Å²) < 4.78 is 5.05. The third-order valence-electron chi connectivity index (χ3n) is 2.65. The maximum Gasteiger partial charge on any atom is 0.107 e. The lowest BCUT2D eigenvalue weighted by Gasteiger charge is -2.22. The van der Waals surface area contributed by atoms with Gasteiger partial charge in [0.1, 0.15) is 4.99 Å².